The van der Waals surface area contributed by atoms with Crippen molar-refractivity contribution in [2.24, 2.45) is 0 Å². The van der Waals surface area contributed by atoms with E-state index in [1.54, 1.807) is 24.3 Å². The highest BCUT2D eigenvalue weighted by Gasteiger charge is 2.11. The Morgan fingerprint density at radius 2 is 1.82 bits per heavy atom. The molecule has 1 aromatic carbocycles. The highest BCUT2D eigenvalue weighted by molar-refractivity contribution is 5.95. The van der Waals surface area contributed by atoms with Gasteiger partial charge in [0.25, 0.3) is 5.91 Å². The van der Waals surface area contributed by atoms with Crippen molar-refractivity contribution in [1.82, 2.24) is 10.2 Å². The third-order valence-electron chi connectivity index (χ3n) is 2.94. The minimum atomic E-state index is -0.956. The molecule has 0 saturated heterocycles. The summed E-state index contributed by atoms with van der Waals surface area (Å²) >= 11 is 0. The fourth-order valence-electron chi connectivity index (χ4n) is 1.63. The Morgan fingerprint density at radius 3 is 2.36 bits per heavy atom. The van der Waals surface area contributed by atoms with Gasteiger partial charge in [-0.25, -0.2) is 4.79 Å². The number of nitrogens with one attached hydrogen (secondary N) is 2. The van der Waals surface area contributed by atoms with Gasteiger partial charge in [-0.15, -0.1) is 0 Å². The molecule has 0 aliphatic rings. The first-order valence-corrected chi connectivity index (χ1v) is 7.06. The van der Waals surface area contributed by atoms with Gasteiger partial charge in [0, 0.05) is 31.4 Å². The van der Waals surface area contributed by atoms with Crippen molar-refractivity contribution >= 4 is 23.6 Å². The first-order valence-electron chi connectivity index (χ1n) is 7.06. The van der Waals surface area contributed by atoms with Gasteiger partial charge in [-0.1, -0.05) is 6.92 Å². The topological polar surface area (TPSA) is 98.7 Å². The molecule has 22 heavy (non-hydrogen) atoms. The van der Waals surface area contributed by atoms with Crippen LogP contribution in [0.2, 0.25) is 0 Å². The van der Waals surface area contributed by atoms with E-state index in [2.05, 4.69) is 10.6 Å². The SMILES string of the molecule is CCCNC(=O)c1ccc(NC(=O)N(C)CCC(=O)O)cc1. The molecule has 0 atom stereocenters. The molecule has 0 bridgehead atoms. The molecular weight excluding hydrogens is 286 g/mol. The van der Waals surface area contributed by atoms with Crippen molar-refractivity contribution in [3.63, 3.8) is 0 Å². The van der Waals surface area contributed by atoms with Crippen molar-refractivity contribution < 1.29 is 19.5 Å². The highest BCUT2D eigenvalue weighted by atomic mass is 16.4. The number of carbonyl (C=O) groups is 3. The minimum absolute atomic E-state index is 0.111. The van der Waals surface area contributed by atoms with Gasteiger partial charge in [-0.3, -0.25) is 9.59 Å². The molecule has 0 saturated carbocycles. The quantitative estimate of drug-likeness (QED) is 0.715. The van der Waals surface area contributed by atoms with Gasteiger partial charge in [0.15, 0.2) is 0 Å². The number of carbonyl (C=O) groups excluding carboxylic acids is 2. The zero-order valence-electron chi connectivity index (χ0n) is 12.8. The minimum Gasteiger partial charge on any atom is -0.481 e. The summed E-state index contributed by atoms with van der Waals surface area (Å²) in [4.78, 5) is 35.3. The van der Waals surface area contributed by atoms with Crippen molar-refractivity contribution in [1.29, 1.82) is 0 Å². The maximum atomic E-state index is 11.8. The monoisotopic (exact) mass is 307 g/mol. The van der Waals surface area contributed by atoms with E-state index < -0.39 is 12.0 Å². The Bertz CT molecular complexity index is 528. The van der Waals surface area contributed by atoms with Gasteiger partial charge in [-0.05, 0) is 30.7 Å². The maximum absolute atomic E-state index is 11.8. The van der Waals surface area contributed by atoms with Gasteiger partial charge in [0.05, 0.1) is 6.42 Å². The van der Waals surface area contributed by atoms with Crippen LogP contribution in [0.4, 0.5) is 10.5 Å². The lowest BCUT2D eigenvalue weighted by molar-refractivity contribution is -0.137. The molecule has 7 heteroatoms. The number of benzene rings is 1. The molecule has 0 spiro atoms. The molecule has 0 fully saturated rings. The Morgan fingerprint density at radius 1 is 1.18 bits per heavy atom. The van der Waals surface area contributed by atoms with Crippen LogP contribution in [0.5, 0.6) is 0 Å². The molecule has 0 aromatic heterocycles. The molecule has 0 radical (unpaired) electrons. The second kappa shape index (κ2) is 8.66. The first-order chi connectivity index (χ1) is 10.4. The van der Waals surface area contributed by atoms with Gasteiger partial charge in [0.1, 0.15) is 0 Å². The van der Waals surface area contributed by atoms with E-state index >= 15 is 0 Å². The second-order valence-corrected chi connectivity index (χ2v) is 4.83. The number of aliphatic carboxylic acids is 1. The third kappa shape index (κ3) is 5.82. The van der Waals surface area contributed by atoms with Crippen LogP contribution in [0.1, 0.15) is 30.1 Å². The van der Waals surface area contributed by atoms with E-state index in [4.69, 9.17) is 5.11 Å². The average molecular weight is 307 g/mol. The summed E-state index contributed by atoms with van der Waals surface area (Å²) in [7, 11) is 1.52. The van der Waals surface area contributed by atoms with Crippen LogP contribution in [-0.2, 0) is 4.79 Å². The summed E-state index contributed by atoms with van der Waals surface area (Å²) in [6.45, 7) is 2.71. The number of carboxylic acids is 1. The van der Waals surface area contributed by atoms with Crippen molar-refractivity contribution in [2.75, 3.05) is 25.5 Å². The number of urea groups is 1. The summed E-state index contributed by atoms with van der Waals surface area (Å²) in [5.41, 5.74) is 1.06. The van der Waals surface area contributed by atoms with Gasteiger partial charge >= 0.3 is 12.0 Å². The largest absolute Gasteiger partial charge is 0.481 e. The first kappa shape index (κ1) is 17.5. The Labute approximate surface area is 129 Å². The van der Waals surface area contributed by atoms with Crippen molar-refractivity contribution in [3.8, 4) is 0 Å². The third-order valence-corrected chi connectivity index (χ3v) is 2.94. The van der Waals surface area contributed by atoms with E-state index in [1.807, 2.05) is 6.92 Å². The zero-order valence-corrected chi connectivity index (χ0v) is 12.8. The molecule has 1 aromatic rings. The van der Waals surface area contributed by atoms with Crippen LogP contribution in [0, 0.1) is 0 Å². The molecule has 1 rings (SSSR count). The smallest absolute Gasteiger partial charge is 0.321 e. The van der Waals surface area contributed by atoms with E-state index in [9.17, 15) is 14.4 Å². The van der Waals surface area contributed by atoms with Crippen molar-refractivity contribution in [2.45, 2.75) is 19.8 Å². The van der Waals surface area contributed by atoms with Crippen LogP contribution in [0.15, 0.2) is 24.3 Å². The predicted octanol–water partition coefficient (Wildman–Crippen LogP) is 1.76. The number of carboxylic acid groups (broad SMARTS) is 1. The van der Waals surface area contributed by atoms with Crippen LogP contribution >= 0.6 is 0 Å². The van der Waals surface area contributed by atoms with E-state index in [0.29, 0.717) is 17.8 Å². The van der Waals surface area contributed by atoms with Crippen LogP contribution in [0.25, 0.3) is 0 Å². The lowest BCUT2D eigenvalue weighted by atomic mass is 10.2. The van der Waals surface area contributed by atoms with E-state index in [1.165, 1.54) is 11.9 Å². The Kier molecular flexibility index (Phi) is 6.88. The van der Waals surface area contributed by atoms with Crippen LogP contribution in [-0.4, -0.2) is 48.1 Å². The number of nitrogens with zero attached hydrogens (tertiary/aromatic N) is 1. The van der Waals surface area contributed by atoms with Gasteiger partial charge in [0.2, 0.25) is 0 Å². The molecule has 0 heterocycles. The van der Waals surface area contributed by atoms with Crippen molar-refractivity contribution in [3.05, 3.63) is 29.8 Å². The molecule has 0 aliphatic heterocycles. The van der Waals surface area contributed by atoms with Gasteiger partial charge in [-0.2, -0.15) is 0 Å². The summed E-state index contributed by atoms with van der Waals surface area (Å²) in [5.74, 6) is -1.11. The lowest BCUT2D eigenvalue weighted by Crippen LogP contribution is -2.33. The number of hydrogen-bond acceptors (Lipinski definition) is 3. The number of rotatable bonds is 7. The van der Waals surface area contributed by atoms with E-state index in [-0.39, 0.29) is 18.9 Å². The predicted molar refractivity (Wildman–Crippen MR) is 83.0 cm³/mol. The summed E-state index contributed by atoms with van der Waals surface area (Å²) in [6.07, 6.45) is 0.753. The fourth-order valence-corrected chi connectivity index (χ4v) is 1.63. The second-order valence-electron chi connectivity index (χ2n) is 4.83. The normalized spacial score (nSPS) is 9.91. The Hall–Kier alpha value is -2.57. The molecular formula is C15H21N3O4. The summed E-state index contributed by atoms with van der Waals surface area (Å²) in [6, 6.07) is 6.10. The zero-order chi connectivity index (χ0) is 16.5. The average Bonchev–Trinajstić information content (AvgIpc) is 2.50. The molecule has 3 amide bonds. The fraction of sp³-hybridized carbons (Fsp3) is 0.400. The molecule has 7 nitrogen and oxygen atoms in total. The molecule has 3 N–H and O–H groups in total. The maximum Gasteiger partial charge on any atom is 0.321 e. The molecule has 120 valence electrons. The van der Waals surface area contributed by atoms with E-state index in [0.717, 1.165) is 6.42 Å². The highest BCUT2D eigenvalue weighted by Crippen LogP contribution is 2.10. The summed E-state index contributed by atoms with van der Waals surface area (Å²) in [5, 5.41) is 14.0. The molecule has 0 unspecified atom stereocenters. The Balaban J connectivity index is 2.54. The lowest BCUT2D eigenvalue weighted by Gasteiger charge is -2.17. The van der Waals surface area contributed by atoms with Crippen LogP contribution in [0.3, 0.4) is 0 Å². The number of amides is 3. The number of hydrogen-bond donors (Lipinski definition) is 3. The molecule has 0 aliphatic carbocycles. The summed E-state index contributed by atoms with van der Waals surface area (Å²) < 4.78 is 0. The number of anilines is 1. The van der Waals surface area contributed by atoms with Crippen LogP contribution < -0.4 is 10.6 Å². The van der Waals surface area contributed by atoms with Gasteiger partial charge < -0.3 is 20.6 Å². The standard InChI is InChI=1S/C15H21N3O4/c1-3-9-16-14(21)11-4-6-12(7-5-11)17-15(22)18(2)10-8-13(19)20/h4-7H,3,8-10H2,1-2H3,(H,16,21)(H,17,22)(H,19,20).